The summed E-state index contributed by atoms with van der Waals surface area (Å²) in [6.45, 7) is 4.91. The molecule has 0 saturated carbocycles. The molecule has 156 valence electrons. The average molecular weight is 430 g/mol. The first-order valence-corrected chi connectivity index (χ1v) is 11.0. The van der Waals surface area contributed by atoms with E-state index in [1.165, 1.54) is 5.56 Å². The molecule has 6 heteroatoms. The molecule has 1 aliphatic rings. The third-order valence-electron chi connectivity index (χ3n) is 5.71. The van der Waals surface area contributed by atoms with Crippen LogP contribution in [0.2, 0.25) is 5.02 Å². The van der Waals surface area contributed by atoms with Gasteiger partial charge in [0.25, 0.3) is 0 Å². The standard InChI is InChI=1S/C25H24ClN5/c26-21-10-8-19(9-11-21)18-30-13-4-14-31(16-15-30)25-22-6-1-2-7-23(22)28-24(29-25)20-5-3-12-27-17-20/h1-3,5-12,17H,4,13-16,18H2. The summed E-state index contributed by atoms with van der Waals surface area (Å²) in [6, 6.07) is 20.4. The number of benzene rings is 2. The Balaban J connectivity index is 1.41. The highest BCUT2D eigenvalue weighted by Gasteiger charge is 2.20. The number of nitrogens with zero attached hydrogens (tertiary/aromatic N) is 5. The molecule has 5 rings (SSSR count). The lowest BCUT2D eigenvalue weighted by Crippen LogP contribution is -2.31. The van der Waals surface area contributed by atoms with Crippen LogP contribution in [0.1, 0.15) is 12.0 Å². The van der Waals surface area contributed by atoms with E-state index in [0.29, 0.717) is 0 Å². The number of halogens is 1. The largest absolute Gasteiger partial charge is 0.355 e. The molecule has 31 heavy (non-hydrogen) atoms. The highest BCUT2D eigenvalue weighted by atomic mass is 35.5. The number of hydrogen-bond donors (Lipinski definition) is 0. The van der Waals surface area contributed by atoms with Crippen LogP contribution >= 0.6 is 11.6 Å². The fourth-order valence-electron chi connectivity index (χ4n) is 4.11. The van der Waals surface area contributed by atoms with E-state index < -0.39 is 0 Å². The molecule has 0 amide bonds. The zero-order valence-electron chi connectivity index (χ0n) is 17.3. The summed E-state index contributed by atoms with van der Waals surface area (Å²) in [4.78, 5) is 19.0. The van der Waals surface area contributed by atoms with E-state index in [1.54, 1.807) is 6.20 Å². The maximum absolute atomic E-state index is 6.04. The minimum absolute atomic E-state index is 0.726. The van der Waals surface area contributed by atoms with Gasteiger partial charge in [-0.05, 0) is 48.4 Å². The molecule has 0 aliphatic carbocycles. The lowest BCUT2D eigenvalue weighted by molar-refractivity contribution is 0.285. The number of pyridine rings is 1. The SMILES string of the molecule is Clc1ccc(CN2CCCN(c3nc(-c4cccnc4)nc4ccccc34)CC2)cc1. The van der Waals surface area contributed by atoms with E-state index in [1.807, 2.05) is 36.5 Å². The molecule has 2 aromatic heterocycles. The fourth-order valence-corrected chi connectivity index (χ4v) is 4.24. The zero-order chi connectivity index (χ0) is 21.0. The molecular weight excluding hydrogens is 406 g/mol. The second-order valence-corrected chi connectivity index (χ2v) is 8.31. The molecular formula is C25H24ClN5. The van der Waals surface area contributed by atoms with Crippen molar-refractivity contribution in [3.63, 3.8) is 0 Å². The Labute approximate surface area is 187 Å². The number of hydrogen-bond acceptors (Lipinski definition) is 5. The molecule has 4 aromatic rings. The normalized spacial score (nSPS) is 15.2. The zero-order valence-corrected chi connectivity index (χ0v) is 18.0. The smallest absolute Gasteiger partial charge is 0.163 e. The number of aromatic nitrogens is 3. The van der Waals surface area contributed by atoms with Gasteiger partial charge in [-0.15, -0.1) is 0 Å². The van der Waals surface area contributed by atoms with E-state index in [0.717, 1.165) is 72.3 Å². The van der Waals surface area contributed by atoms with E-state index in [-0.39, 0.29) is 0 Å². The second-order valence-electron chi connectivity index (χ2n) is 7.87. The van der Waals surface area contributed by atoms with Crippen LogP contribution in [0.15, 0.2) is 73.1 Å². The van der Waals surface area contributed by atoms with Crippen molar-refractivity contribution in [3.05, 3.63) is 83.6 Å². The van der Waals surface area contributed by atoms with Crippen molar-refractivity contribution in [2.45, 2.75) is 13.0 Å². The van der Waals surface area contributed by atoms with Crippen LogP contribution in [0, 0.1) is 0 Å². The van der Waals surface area contributed by atoms with Gasteiger partial charge < -0.3 is 4.90 Å². The summed E-state index contributed by atoms with van der Waals surface area (Å²) < 4.78 is 0. The third kappa shape index (κ3) is 4.53. The first kappa shape index (κ1) is 19.9. The van der Waals surface area contributed by atoms with Crippen LogP contribution < -0.4 is 4.90 Å². The summed E-state index contributed by atoms with van der Waals surface area (Å²) in [5.74, 6) is 1.74. The van der Waals surface area contributed by atoms with Gasteiger partial charge in [0.15, 0.2) is 5.82 Å². The van der Waals surface area contributed by atoms with Gasteiger partial charge >= 0.3 is 0 Å². The third-order valence-corrected chi connectivity index (χ3v) is 5.96. The predicted octanol–water partition coefficient (Wildman–Crippen LogP) is 5.06. The summed E-state index contributed by atoms with van der Waals surface area (Å²) in [5, 5.41) is 1.88. The monoisotopic (exact) mass is 429 g/mol. The van der Waals surface area contributed by atoms with Crippen molar-refractivity contribution in [1.82, 2.24) is 19.9 Å². The minimum atomic E-state index is 0.726. The van der Waals surface area contributed by atoms with Gasteiger partial charge in [-0.2, -0.15) is 0 Å². The molecule has 5 nitrogen and oxygen atoms in total. The first-order chi connectivity index (χ1) is 15.3. The Morgan fingerprint density at radius 2 is 1.71 bits per heavy atom. The van der Waals surface area contributed by atoms with Crippen molar-refractivity contribution in [1.29, 1.82) is 0 Å². The molecule has 2 aromatic carbocycles. The van der Waals surface area contributed by atoms with Crippen LogP contribution in [0.4, 0.5) is 5.82 Å². The molecule has 0 bridgehead atoms. The van der Waals surface area contributed by atoms with Crippen LogP contribution in [0.25, 0.3) is 22.3 Å². The van der Waals surface area contributed by atoms with Crippen molar-refractivity contribution in [2.75, 3.05) is 31.1 Å². The number of para-hydroxylation sites is 1. The van der Waals surface area contributed by atoms with Crippen molar-refractivity contribution in [2.24, 2.45) is 0 Å². The first-order valence-electron chi connectivity index (χ1n) is 10.7. The molecule has 0 radical (unpaired) electrons. The van der Waals surface area contributed by atoms with Crippen LogP contribution in [-0.4, -0.2) is 46.0 Å². The van der Waals surface area contributed by atoms with Crippen molar-refractivity contribution < 1.29 is 0 Å². The quantitative estimate of drug-likeness (QED) is 0.454. The van der Waals surface area contributed by atoms with Gasteiger partial charge in [0.2, 0.25) is 0 Å². The number of rotatable bonds is 4. The van der Waals surface area contributed by atoms with Crippen LogP contribution in [0.5, 0.6) is 0 Å². The Kier molecular flexibility index (Phi) is 5.78. The summed E-state index contributed by atoms with van der Waals surface area (Å²) in [7, 11) is 0. The Hall–Kier alpha value is -3.02. The van der Waals surface area contributed by atoms with E-state index in [9.17, 15) is 0 Å². The predicted molar refractivity (Wildman–Crippen MR) is 126 cm³/mol. The van der Waals surface area contributed by atoms with Crippen molar-refractivity contribution >= 4 is 28.3 Å². The van der Waals surface area contributed by atoms with Gasteiger partial charge in [-0.3, -0.25) is 9.88 Å². The van der Waals surface area contributed by atoms with E-state index in [4.69, 9.17) is 21.6 Å². The summed E-state index contributed by atoms with van der Waals surface area (Å²) in [5.41, 5.74) is 3.20. The second kappa shape index (κ2) is 9.00. The lowest BCUT2D eigenvalue weighted by atomic mass is 10.2. The fraction of sp³-hybridized carbons (Fsp3) is 0.240. The molecule has 1 aliphatic heterocycles. The summed E-state index contributed by atoms with van der Waals surface area (Å²) in [6.07, 6.45) is 4.69. The van der Waals surface area contributed by atoms with Gasteiger partial charge in [-0.1, -0.05) is 35.9 Å². The van der Waals surface area contributed by atoms with Crippen LogP contribution in [0.3, 0.4) is 0 Å². The molecule has 0 unspecified atom stereocenters. The van der Waals surface area contributed by atoms with E-state index in [2.05, 4.69) is 45.1 Å². The van der Waals surface area contributed by atoms with Gasteiger partial charge in [0.05, 0.1) is 5.52 Å². The molecule has 0 spiro atoms. The summed E-state index contributed by atoms with van der Waals surface area (Å²) >= 11 is 6.04. The molecule has 1 fully saturated rings. The van der Waals surface area contributed by atoms with Gasteiger partial charge in [-0.25, -0.2) is 9.97 Å². The maximum atomic E-state index is 6.04. The maximum Gasteiger partial charge on any atom is 0.163 e. The Morgan fingerprint density at radius 3 is 2.55 bits per heavy atom. The highest BCUT2D eigenvalue weighted by Crippen LogP contribution is 2.28. The van der Waals surface area contributed by atoms with Crippen molar-refractivity contribution in [3.8, 4) is 11.4 Å². The Bertz CT molecular complexity index is 1160. The van der Waals surface area contributed by atoms with E-state index >= 15 is 0 Å². The van der Waals surface area contributed by atoms with Gasteiger partial charge in [0, 0.05) is 61.1 Å². The molecule has 3 heterocycles. The lowest BCUT2D eigenvalue weighted by Gasteiger charge is -2.24. The molecule has 0 N–H and O–H groups in total. The minimum Gasteiger partial charge on any atom is -0.355 e. The van der Waals surface area contributed by atoms with Crippen LogP contribution in [-0.2, 0) is 6.54 Å². The molecule has 1 saturated heterocycles. The number of anilines is 1. The molecule has 0 atom stereocenters. The average Bonchev–Trinajstić information content (AvgIpc) is 3.06. The van der Waals surface area contributed by atoms with Gasteiger partial charge in [0.1, 0.15) is 5.82 Å². The topological polar surface area (TPSA) is 45.2 Å². The Morgan fingerprint density at radius 1 is 0.839 bits per heavy atom. The highest BCUT2D eigenvalue weighted by molar-refractivity contribution is 6.30. The number of fused-ring (bicyclic) bond motifs is 1.